The minimum Gasteiger partial charge on any atom is -0.354 e. The third kappa shape index (κ3) is 2.95. The molecule has 1 aliphatic heterocycles. The topological polar surface area (TPSA) is 19.4 Å². The third-order valence-electron chi connectivity index (χ3n) is 2.97. The van der Waals surface area contributed by atoms with E-state index in [4.69, 9.17) is 0 Å². The first-order chi connectivity index (χ1) is 8.38. The monoisotopic (exact) mass is 323 g/mol. The van der Waals surface area contributed by atoms with Crippen LogP contribution in [0.5, 0.6) is 0 Å². The van der Waals surface area contributed by atoms with Crippen LogP contribution in [0, 0.1) is 0 Å². The van der Waals surface area contributed by atoms with Crippen molar-refractivity contribution in [2.24, 2.45) is 0 Å². The summed E-state index contributed by atoms with van der Waals surface area (Å²) in [4.78, 5) is 8.08. The van der Waals surface area contributed by atoms with Gasteiger partial charge < -0.3 is 9.80 Å². The number of likely N-dealkylation sites (N-methyl/N-ethyl adjacent to an activating group) is 1. The highest BCUT2D eigenvalue weighted by Crippen LogP contribution is 2.36. The van der Waals surface area contributed by atoms with Gasteiger partial charge >= 0.3 is 6.18 Å². The molecular formula is C11H13BrF3N3. The Morgan fingerprint density at radius 1 is 1.22 bits per heavy atom. The zero-order chi connectivity index (χ0) is 13.3. The van der Waals surface area contributed by atoms with Gasteiger partial charge in [0.15, 0.2) is 0 Å². The van der Waals surface area contributed by atoms with E-state index in [2.05, 4.69) is 25.8 Å². The molecule has 2 rings (SSSR count). The summed E-state index contributed by atoms with van der Waals surface area (Å²) in [6.45, 7) is 3.06. The lowest BCUT2D eigenvalue weighted by atomic mass is 10.2. The maximum atomic E-state index is 12.8. The van der Waals surface area contributed by atoms with Crippen molar-refractivity contribution in [3.8, 4) is 0 Å². The van der Waals surface area contributed by atoms with Gasteiger partial charge in [-0.15, -0.1) is 0 Å². The summed E-state index contributed by atoms with van der Waals surface area (Å²) < 4.78 is 38.3. The van der Waals surface area contributed by atoms with Crippen molar-refractivity contribution in [3.63, 3.8) is 0 Å². The van der Waals surface area contributed by atoms with E-state index in [-0.39, 0.29) is 4.47 Å². The lowest BCUT2D eigenvalue weighted by Gasteiger charge is -2.33. The number of piperazine rings is 1. The Balaban J connectivity index is 2.24. The molecule has 0 unspecified atom stereocenters. The predicted octanol–water partition coefficient (Wildman–Crippen LogP) is 2.61. The molecule has 1 aromatic rings. The Morgan fingerprint density at radius 2 is 1.83 bits per heavy atom. The van der Waals surface area contributed by atoms with E-state index < -0.39 is 11.7 Å². The lowest BCUT2D eigenvalue weighted by Crippen LogP contribution is -2.44. The van der Waals surface area contributed by atoms with Crippen molar-refractivity contribution in [2.45, 2.75) is 6.18 Å². The van der Waals surface area contributed by atoms with Crippen LogP contribution < -0.4 is 4.90 Å². The Hall–Kier alpha value is -0.820. The van der Waals surface area contributed by atoms with Crippen molar-refractivity contribution in [2.75, 3.05) is 38.1 Å². The third-order valence-corrected chi connectivity index (χ3v) is 3.61. The van der Waals surface area contributed by atoms with E-state index in [0.29, 0.717) is 18.9 Å². The highest BCUT2D eigenvalue weighted by molar-refractivity contribution is 9.10. The molecule has 100 valence electrons. The highest BCUT2D eigenvalue weighted by atomic mass is 79.9. The fraction of sp³-hybridized carbons (Fsp3) is 0.545. The minimum absolute atomic E-state index is 0.0205. The van der Waals surface area contributed by atoms with E-state index in [9.17, 15) is 13.2 Å². The summed E-state index contributed by atoms with van der Waals surface area (Å²) in [6.07, 6.45) is -3.14. The number of halogens is 4. The second-order valence-electron chi connectivity index (χ2n) is 4.31. The summed E-state index contributed by atoms with van der Waals surface area (Å²) in [5.74, 6) is 0.388. The van der Waals surface area contributed by atoms with E-state index in [0.717, 1.165) is 19.2 Å². The minimum atomic E-state index is -4.36. The molecular weight excluding hydrogens is 311 g/mol. The van der Waals surface area contributed by atoms with E-state index in [1.807, 2.05) is 11.9 Å². The standard InChI is InChI=1S/C11H13BrF3N3/c1-17-2-4-18(5-3-17)10-6-8(11(13,14)15)9(12)7-16-10/h6-7H,2-5H2,1H3. The van der Waals surface area contributed by atoms with Gasteiger partial charge in [0.05, 0.1) is 5.56 Å². The summed E-state index contributed by atoms with van der Waals surface area (Å²) in [6, 6.07) is 1.11. The second kappa shape index (κ2) is 5.05. The van der Waals surface area contributed by atoms with E-state index in [1.165, 1.54) is 6.20 Å². The van der Waals surface area contributed by atoms with Gasteiger partial charge in [0.25, 0.3) is 0 Å². The van der Waals surface area contributed by atoms with Crippen LogP contribution in [-0.4, -0.2) is 43.1 Å². The van der Waals surface area contributed by atoms with Gasteiger partial charge in [-0.3, -0.25) is 0 Å². The first-order valence-corrected chi connectivity index (χ1v) is 6.33. The Bertz CT molecular complexity index is 428. The number of hydrogen-bond acceptors (Lipinski definition) is 3. The molecule has 0 saturated carbocycles. The van der Waals surface area contributed by atoms with Crippen molar-refractivity contribution in [1.82, 2.24) is 9.88 Å². The quantitative estimate of drug-likeness (QED) is 0.792. The van der Waals surface area contributed by atoms with Gasteiger partial charge in [-0.2, -0.15) is 13.2 Å². The van der Waals surface area contributed by atoms with Crippen molar-refractivity contribution in [1.29, 1.82) is 0 Å². The molecule has 0 aliphatic carbocycles. The number of anilines is 1. The van der Waals surface area contributed by atoms with Gasteiger partial charge in [-0.05, 0) is 29.0 Å². The summed E-state index contributed by atoms with van der Waals surface area (Å²) >= 11 is 2.89. The normalized spacial score (nSPS) is 18.2. The molecule has 1 fully saturated rings. The average molecular weight is 324 g/mol. The molecule has 0 atom stereocenters. The molecule has 1 saturated heterocycles. The van der Waals surface area contributed by atoms with Gasteiger partial charge in [0.2, 0.25) is 0 Å². The van der Waals surface area contributed by atoms with Gasteiger partial charge in [0, 0.05) is 36.8 Å². The van der Waals surface area contributed by atoms with Crippen molar-refractivity contribution >= 4 is 21.7 Å². The van der Waals surface area contributed by atoms with Crippen molar-refractivity contribution in [3.05, 3.63) is 22.3 Å². The number of aromatic nitrogens is 1. The van der Waals surface area contributed by atoms with Crippen molar-refractivity contribution < 1.29 is 13.2 Å². The smallest absolute Gasteiger partial charge is 0.354 e. The molecule has 0 amide bonds. The summed E-state index contributed by atoms with van der Waals surface area (Å²) in [7, 11) is 1.99. The Morgan fingerprint density at radius 3 is 2.39 bits per heavy atom. The molecule has 7 heteroatoms. The molecule has 0 bridgehead atoms. The van der Waals surface area contributed by atoms with Crippen LogP contribution in [0.1, 0.15) is 5.56 Å². The molecule has 0 spiro atoms. The number of nitrogens with zero attached hydrogens (tertiary/aromatic N) is 3. The van der Waals surface area contributed by atoms with Crippen LogP contribution in [0.25, 0.3) is 0 Å². The first kappa shape index (κ1) is 13.6. The molecule has 18 heavy (non-hydrogen) atoms. The van der Waals surface area contributed by atoms with Gasteiger partial charge in [-0.1, -0.05) is 0 Å². The second-order valence-corrected chi connectivity index (χ2v) is 5.16. The van der Waals surface area contributed by atoms with Crippen LogP contribution in [-0.2, 0) is 6.18 Å². The van der Waals surface area contributed by atoms with Gasteiger partial charge in [0.1, 0.15) is 5.82 Å². The molecule has 1 aliphatic rings. The van der Waals surface area contributed by atoms with E-state index in [1.54, 1.807) is 0 Å². The number of rotatable bonds is 1. The van der Waals surface area contributed by atoms with Crippen LogP contribution in [0.4, 0.5) is 19.0 Å². The fourth-order valence-corrected chi connectivity index (χ4v) is 2.30. The molecule has 0 N–H and O–H groups in total. The maximum absolute atomic E-state index is 12.8. The Kier molecular flexibility index (Phi) is 3.82. The Labute approximate surface area is 112 Å². The van der Waals surface area contributed by atoms with Crippen LogP contribution in [0.2, 0.25) is 0 Å². The van der Waals surface area contributed by atoms with Crippen LogP contribution in [0.15, 0.2) is 16.7 Å². The largest absolute Gasteiger partial charge is 0.417 e. The summed E-state index contributed by atoms with van der Waals surface area (Å²) in [5.41, 5.74) is -0.675. The molecule has 0 radical (unpaired) electrons. The van der Waals surface area contributed by atoms with Crippen LogP contribution in [0.3, 0.4) is 0 Å². The molecule has 0 aromatic carbocycles. The zero-order valence-corrected chi connectivity index (χ0v) is 11.4. The zero-order valence-electron chi connectivity index (χ0n) is 9.84. The number of hydrogen-bond donors (Lipinski definition) is 0. The number of alkyl halides is 3. The molecule has 2 heterocycles. The fourth-order valence-electron chi connectivity index (χ4n) is 1.85. The lowest BCUT2D eigenvalue weighted by molar-refractivity contribution is -0.138. The first-order valence-electron chi connectivity index (χ1n) is 5.54. The highest BCUT2D eigenvalue weighted by Gasteiger charge is 2.34. The predicted molar refractivity (Wildman–Crippen MR) is 66.6 cm³/mol. The average Bonchev–Trinajstić information content (AvgIpc) is 2.29. The SMILES string of the molecule is CN1CCN(c2cc(C(F)(F)F)c(Br)cn2)CC1. The van der Waals surface area contributed by atoms with E-state index >= 15 is 0 Å². The molecule has 3 nitrogen and oxygen atoms in total. The van der Waals surface area contributed by atoms with Crippen LogP contribution >= 0.6 is 15.9 Å². The molecule has 1 aromatic heterocycles. The van der Waals surface area contributed by atoms with Gasteiger partial charge in [-0.25, -0.2) is 4.98 Å². The maximum Gasteiger partial charge on any atom is 0.417 e. The number of pyridine rings is 1. The summed E-state index contributed by atoms with van der Waals surface area (Å²) in [5, 5.41) is 0.